The van der Waals surface area contributed by atoms with E-state index in [0.717, 1.165) is 0 Å². The van der Waals surface area contributed by atoms with Gasteiger partial charge in [-0.3, -0.25) is 0 Å². The third kappa shape index (κ3) is 3.93. The van der Waals surface area contributed by atoms with Crippen molar-refractivity contribution in [3.05, 3.63) is 0 Å². The largest absolute Gasteiger partial charge is 0.376 e. The van der Waals surface area contributed by atoms with Crippen LogP contribution in [0.2, 0.25) is 0 Å². The second-order valence-corrected chi connectivity index (χ2v) is 5.17. The zero-order chi connectivity index (χ0) is 13.2. The summed E-state index contributed by atoms with van der Waals surface area (Å²) in [4.78, 5) is 0. The average Bonchev–Trinajstić information content (AvgIpc) is 2.38. The van der Waals surface area contributed by atoms with E-state index in [9.17, 15) is 4.39 Å². The van der Waals surface area contributed by atoms with Crippen molar-refractivity contribution < 1.29 is 18.6 Å². The van der Waals surface area contributed by atoms with Gasteiger partial charge in [0.2, 0.25) is 0 Å². The van der Waals surface area contributed by atoms with Gasteiger partial charge in [-0.25, -0.2) is 4.39 Å². The van der Waals surface area contributed by atoms with Crippen LogP contribution in [0.5, 0.6) is 0 Å². The zero-order valence-electron chi connectivity index (χ0n) is 11.3. The molecule has 1 aliphatic rings. The first-order valence-electron chi connectivity index (χ1n) is 6.16. The second kappa shape index (κ2) is 5.68. The highest BCUT2D eigenvalue weighted by Crippen LogP contribution is 2.37. The van der Waals surface area contributed by atoms with Crippen molar-refractivity contribution in [3.63, 3.8) is 0 Å². The molecule has 1 heterocycles. The summed E-state index contributed by atoms with van der Waals surface area (Å²) >= 11 is 0. The molecule has 1 aliphatic heterocycles. The maximum absolute atomic E-state index is 13.9. The molecule has 1 rings (SSSR count). The van der Waals surface area contributed by atoms with Crippen molar-refractivity contribution in [1.29, 1.82) is 0 Å². The Morgan fingerprint density at radius 3 is 2.35 bits per heavy atom. The van der Waals surface area contributed by atoms with Crippen LogP contribution < -0.4 is 0 Å². The number of halogens is 1. The molecule has 3 nitrogen and oxygen atoms in total. The number of alkyl halides is 1. The lowest BCUT2D eigenvalue weighted by molar-refractivity contribution is -0.121. The standard InChI is InChI=1S/C12H22BFO3/c1-7(2)15-6-10-11(16-8(3)4)9(5)12(13,14)17-10/h7-11H,6H2,1-5H3/t9-,10+,11?,12-/m0/s1. The first-order valence-corrected chi connectivity index (χ1v) is 6.16. The van der Waals surface area contributed by atoms with Gasteiger partial charge >= 0.3 is 0 Å². The minimum absolute atomic E-state index is 0.00139. The van der Waals surface area contributed by atoms with Gasteiger partial charge in [-0.05, 0) is 27.7 Å². The summed E-state index contributed by atoms with van der Waals surface area (Å²) in [5.41, 5.74) is 0. The Labute approximate surface area is 104 Å². The maximum Gasteiger partial charge on any atom is 0.166 e. The minimum atomic E-state index is -2.13. The van der Waals surface area contributed by atoms with E-state index < -0.39 is 17.8 Å². The van der Waals surface area contributed by atoms with Crippen LogP contribution in [0.1, 0.15) is 34.6 Å². The molecule has 0 aromatic rings. The molecule has 1 fully saturated rings. The molecule has 0 aliphatic carbocycles. The van der Waals surface area contributed by atoms with E-state index >= 15 is 0 Å². The zero-order valence-corrected chi connectivity index (χ0v) is 11.3. The van der Waals surface area contributed by atoms with Gasteiger partial charge in [0.1, 0.15) is 6.10 Å². The first-order chi connectivity index (χ1) is 7.74. The first kappa shape index (κ1) is 14.9. The Kier molecular flexibility index (Phi) is 4.99. The van der Waals surface area contributed by atoms with Gasteiger partial charge in [0.15, 0.2) is 13.6 Å². The molecule has 0 N–H and O–H groups in total. The number of hydrogen-bond acceptors (Lipinski definition) is 3. The van der Waals surface area contributed by atoms with E-state index in [2.05, 4.69) is 0 Å². The lowest BCUT2D eigenvalue weighted by Crippen LogP contribution is -2.36. The molecule has 0 bridgehead atoms. The van der Waals surface area contributed by atoms with E-state index in [0.29, 0.717) is 6.61 Å². The highest BCUT2D eigenvalue weighted by atomic mass is 19.2. The molecule has 1 saturated heterocycles. The van der Waals surface area contributed by atoms with Gasteiger partial charge in [0, 0.05) is 5.92 Å². The van der Waals surface area contributed by atoms with Crippen molar-refractivity contribution in [2.45, 2.75) is 64.8 Å². The summed E-state index contributed by atoms with van der Waals surface area (Å²) in [6.45, 7) is 9.64. The van der Waals surface area contributed by atoms with Crippen molar-refractivity contribution in [1.82, 2.24) is 0 Å². The van der Waals surface area contributed by atoms with Crippen LogP contribution in [-0.4, -0.2) is 44.6 Å². The number of ether oxygens (including phenoxy) is 3. The van der Waals surface area contributed by atoms with Gasteiger partial charge in [0.25, 0.3) is 0 Å². The molecule has 0 aromatic heterocycles. The fourth-order valence-corrected chi connectivity index (χ4v) is 1.89. The summed E-state index contributed by atoms with van der Waals surface area (Å²) in [6, 6.07) is 0. The topological polar surface area (TPSA) is 27.7 Å². The smallest absolute Gasteiger partial charge is 0.166 e. The van der Waals surface area contributed by atoms with E-state index in [1.807, 2.05) is 27.7 Å². The van der Waals surface area contributed by atoms with Gasteiger partial charge < -0.3 is 14.2 Å². The van der Waals surface area contributed by atoms with Crippen molar-refractivity contribution in [2.24, 2.45) is 5.92 Å². The molecule has 2 radical (unpaired) electrons. The van der Waals surface area contributed by atoms with Crippen LogP contribution in [0.3, 0.4) is 0 Å². The Balaban J connectivity index is 2.65. The number of hydrogen-bond donors (Lipinski definition) is 0. The fraction of sp³-hybridized carbons (Fsp3) is 1.00. The van der Waals surface area contributed by atoms with E-state index in [-0.39, 0.29) is 18.3 Å². The molecule has 98 valence electrons. The molecular formula is C12H22BFO3. The second-order valence-electron chi connectivity index (χ2n) is 5.17. The Morgan fingerprint density at radius 2 is 1.88 bits per heavy atom. The summed E-state index contributed by atoms with van der Waals surface area (Å²) in [5, 5.41) is 0. The maximum atomic E-state index is 13.9. The van der Waals surface area contributed by atoms with E-state index in [4.69, 9.17) is 22.1 Å². The van der Waals surface area contributed by atoms with Gasteiger partial charge in [-0.2, -0.15) is 0 Å². The van der Waals surface area contributed by atoms with Gasteiger partial charge in [-0.1, -0.05) is 6.92 Å². The molecule has 0 aromatic carbocycles. The van der Waals surface area contributed by atoms with E-state index in [1.54, 1.807) is 6.92 Å². The summed E-state index contributed by atoms with van der Waals surface area (Å²) in [7, 11) is 5.46. The minimum Gasteiger partial charge on any atom is -0.376 e. The molecule has 4 atom stereocenters. The average molecular weight is 244 g/mol. The van der Waals surface area contributed by atoms with Crippen molar-refractivity contribution in [3.8, 4) is 0 Å². The predicted molar refractivity (Wildman–Crippen MR) is 64.7 cm³/mol. The highest BCUT2D eigenvalue weighted by Gasteiger charge is 2.50. The SMILES string of the molecule is [B][C@@]1(F)O[C@H](COC(C)C)C(OC(C)C)[C@@H]1C. The van der Waals surface area contributed by atoms with Crippen LogP contribution in [0, 0.1) is 5.92 Å². The Bertz CT molecular complexity index is 246. The molecule has 17 heavy (non-hydrogen) atoms. The van der Waals surface area contributed by atoms with Crippen LogP contribution >= 0.6 is 0 Å². The van der Waals surface area contributed by atoms with Crippen LogP contribution in [0.15, 0.2) is 0 Å². The monoisotopic (exact) mass is 244 g/mol. The summed E-state index contributed by atoms with van der Waals surface area (Å²) < 4.78 is 30.2. The summed E-state index contributed by atoms with van der Waals surface area (Å²) in [6.07, 6.45) is -0.754. The third-order valence-electron chi connectivity index (χ3n) is 2.84. The Hall–Kier alpha value is -0.125. The molecular weight excluding hydrogens is 222 g/mol. The van der Waals surface area contributed by atoms with Crippen LogP contribution in [0.4, 0.5) is 4.39 Å². The molecule has 5 heteroatoms. The molecule has 1 unspecified atom stereocenters. The van der Waals surface area contributed by atoms with Crippen LogP contribution in [0.25, 0.3) is 0 Å². The van der Waals surface area contributed by atoms with Crippen molar-refractivity contribution >= 4 is 7.85 Å². The molecule has 0 spiro atoms. The van der Waals surface area contributed by atoms with Crippen molar-refractivity contribution in [2.75, 3.05) is 6.61 Å². The summed E-state index contributed by atoms with van der Waals surface area (Å²) in [5.74, 6) is -2.64. The predicted octanol–water partition coefficient (Wildman–Crippen LogP) is 2.03. The van der Waals surface area contributed by atoms with Gasteiger partial charge in [-0.15, -0.1) is 0 Å². The van der Waals surface area contributed by atoms with Gasteiger partial charge in [0.05, 0.1) is 24.9 Å². The lowest BCUT2D eigenvalue weighted by Gasteiger charge is -2.24. The highest BCUT2D eigenvalue weighted by molar-refractivity contribution is 6.13. The third-order valence-corrected chi connectivity index (χ3v) is 2.84. The quantitative estimate of drug-likeness (QED) is 0.692. The fourth-order valence-electron chi connectivity index (χ4n) is 1.89. The van der Waals surface area contributed by atoms with Crippen LogP contribution in [-0.2, 0) is 14.2 Å². The molecule has 0 saturated carbocycles. The van der Waals surface area contributed by atoms with E-state index in [1.165, 1.54) is 0 Å². The Morgan fingerprint density at radius 1 is 1.29 bits per heavy atom. The molecule has 0 amide bonds. The lowest BCUT2D eigenvalue weighted by atomic mass is 9.83. The normalized spacial score (nSPS) is 38.2. The number of rotatable bonds is 5.